The molecule has 0 saturated carbocycles. The summed E-state index contributed by atoms with van der Waals surface area (Å²) < 4.78 is 0. The van der Waals surface area contributed by atoms with Crippen LogP contribution in [0.5, 0.6) is 0 Å². The Bertz CT molecular complexity index is 1330. The summed E-state index contributed by atoms with van der Waals surface area (Å²) >= 11 is 0. The number of fused-ring (bicyclic) bond motifs is 4. The summed E-state index contributed by atoms with van der Waals surface area (Å²) in [6.45, 7) is 4.89. The van der Waals surface area contributed by atoms with Crippen molar-refractivity contribution < 1.29 is 0 Å². The van der Waals surface area contributed by atoms with Crippen molar-refractivity contribution in [2.75, 3.05) is 17.3 Å². The zero-order valence-electron chi connectivity index (χ0n) is 18.2. The third-order valence-electron chi connectivity index (χ3n) is 7.17. The highest BCUT2D eigenvalue weighted by Crippen LogP contribution is 2.32. The molecule has 0 fully saturated rings. The number of benzene rings is 4. The van der Waals surface area contributed by atoms with Gasteiger partial charge in [0.05, 0.1) is 0 Å². The zero-order chi connectivity index (χ0) is 21.1. The molecule has 6 rings (SSSR count). The van der Waals surface area contributed by atoms with Crippen molar-refractivity contribution in [3.05, 3.63) is 84.9 Å². The van der Waals surface area contributed by atoms with Crippen molar-refractivity contribution in [3.63, 3.8) is 0 Å². The third-order valence-corrected chi connectivity index (χ3v) is 12.9. The fraction of sp³-hybridized carbons (Fsp3) is 0.111. The molecule has 4 aromatic rings. The predicted octanol–water partition coefficient (Wildman–Crippen LogP) is 3.43. The predicted molar refractivity (Wildman–Crippen MR) is 141 cm³/mol. The quantitative estimate of drug-likeness (QED) is 0.462. The van der Waals surface area contributed by atoms with Crippen LogP contribution < -0.4 is 31.0 Å². The summed E-state index contributed by atoms with van der Waals surface area (Å²) in [5, 5.41) is 9.80. The van der Waals surface area contributed by atoms with Gasteiger partial charge in [0.2, 0.25) is 0 Å². The molecule has 2 nitrogen and oxygen atoms in total. The molecule has 31 heavy (non-hydrogen) atoms. The lowest BCUT2D eigenvalue weighted by atomic mass is 10.0. The Morgan fingerprint density at radius 1 is 0.581 bits per heavy atom. The second-order valence-corrected chi connectivity index (χ2v) is 14.2. The Balaban J connectivity index is 1.42. The average molecular weight is 435 g/mol. The van der Waals surface area contributed by atoms with Gasteiger partial charge in [0.1, 0.15) is 17.6 Å². The van der Waals surface area contributed by atoms with Crippen molar-refractivity contribution in [2.24, 2.45) is 0 Å². The van der Waals surface area contributed by atoms with Crippen LogP contribution in [0.15, 0.2) is 84.9 Å². The van der Waals surface area contributed by atoms with Gasteiger partial charge < -0.3 is 10.2 Å². The van der Waals surface area contributed by atoms with Crippen LogP contribution in [0.3, 0.4) is 0 Å². The highest BCUT2D eigenvalue weighted by molar-refractivity contribution is 6.87. The Morgan fingerprint density at radius 3 is 2.00 bits per heavy atom. The first kappa shape index (κ1) is 18.7. The summed E-state index contributed by atoms with van der Waals surface area (Å²) in [6.07, 6.45) is 0. The smallest absolute Gasteiger partial charge is 0.105 e. The van der Waals surface area contributed by atoms with Crippen LogP contribution >= 0.6 is 0 Å². The molecule has 0 aliphatic carbocycles. The summed E-state index contributed by atoms with van der Waals surface area (Å²) in [6, 6.07) is 31.8. The standard InChI is InChI=1S/C27H26N2Si2/c1-29-22-9-5-7-11-26(22)31(3)27-15-13-19(17-23(27)29)18-12-14-25-21(16-18)28-20-8-4-6-10-24(20)30(25)2/h4-17,28,30-31H,1-3H3/t30-,31+/m0/s1. The molecule has 2 heterocycles. The third kappa shape index (κ3) is 2.82. The molecular formula is C27H26N2Si2. The minimum Gasteiger partial charge on any atom is -0.356 e. The summed E-state index contributed by atoms with van der Waals surface area (Å²) in [4.78, 5) is 2.38. The Hall–Kier alpha value is -3.09. The topological polar surface area (TPSA) is 15.3 Å². The maximum absolute atomic E-state index is 3.70. The molecule has 0 radical (unpaired) electrons. The van der Waals surface area contributed by atoms with Crippen molar-refractivity contribution in [1.82, 2.24) is 0 Å². The van der Waals surface area contributed by atoms with Crippen LogP contribution in [0.1, 0.15) is 0 Å². The fourth-order valence-corrected chi connectivity index (χ4v) is 10.3. The van der Waals surface area contributed by atoms with Gasteiger partial charge in [-0.3, -0.25) is 0 Å². The normalized spacial score (nSPS) is 18.4. The van der Waals surface area contributed by atoms with Crippen LogP contribution in [0.25, 0.3) is 11.1 Å². The van der Waals surface area contributed by atoms with Crippen molar-refractivity contribution >= 4 is 61.1 Å². The number of hydrogen-bond donors (Lipinski definition) is 1. The molecule has 0 saturated heterocycles. The molecule has 4 aromatic carbocycles. The lowest BCUT2D eigenvalue weighted by molar-refractivity contribution is 1.22. The highest BCUT2D eigenvalue weighted by Gasteiger charge is 2.27. The van der Waals surface area contributed by atoms with Crippen LogP contribution in [-0.2, 0) is 0 Å². The molecule has 2 aliphatic heterocycles. The summed E-state index contributed by atoms with van der Waals surface area (Å²) in [5.74, 6) is 0. The second kappa shape index (κ2) is 6.97. The van der Waals surface area contributed by atoms with E-state index in [0.29, 0.717) is 0 Å². The monoisotopic (exact) mass is 434 g/mol. The molecule has 0 amide bonds. The van der Waals surface area contributed by atoms with Crippen LogP contribution in [-0.4, -0.2) is 24.6 Å². The zero-order valence-corrected chi connectivity index (χ0v) is 20.5. The van der Waals surface area contributed by atoms with E-state index in [2.05, 4.69) is 115 Å². The van der Waals surface area contributed by atoms with Crippen LogP contribution in [0, 0.1) is 0 Å². The highest BCUT2D eigenvalue weighted by atomic mass is 28.3. The van der Waals surface area contributed by atoms with E-state index >= 15 is 0 Å². The minimum atomic E-state index is -1.16. The molecule has 4 heteroatoms. The van der Waals surface area contributed by atoms with Crippen LogP contribution in [0.4, 0.5) is 22.7 Å². The van der Waals surface area contributed by atoms with Gasteiger partial charge in [0.25, 0.3) is 0 Å². The SMILES string of the molecule is CN1c2ccccc2[Si@@H](C)c2ccc(-c3ccc4c(c3)Nc3ccccc3[Si@@H]4C)cc21. The maximum Gasteiger partial charge on any atom is 0.105 e. The van der Waals surface area contributed by atoms with Gasteiger partial charge in [-0.2, -0.15) is 0 Å². The molecular weight excluding hydrogens is 408 g/mol. The van der Waals surface area contributed by atoms with Crippen molar-refractivity contribution in [2.45, 2.75) is 13.1 Å². The average Bonchev–Trinajstić information content (AvgIpc) is 2.82. The number of nitrogens with zero attached hydrogens (tertiary/aromatic N) is 1. The van der Waals surface area contributed by atoms with E-state index in [1.165, 1.54) is 49.4 Å². The molecule has 1 N–H and O–H groups in total. The molecule has 0 bridgehead atoms. The molecule has 0 spiro atoms. The van der Waals surface area contributed by atoms with Gasteiger partial charge in [-0.05, 0) is 56.1 Å². The maximum atomic E-state index is 3.70. The first-order chi connectivity index (χ1) is 15.1. The first-order valence-electron chi connectivity index (χ1n) is 11.1. The molecule has 0 aromatic heterocycles. The summed E-state index contributed by atoms with van der Waals surface area (Å²) in [7, 11) is -0.0939. The van der Waals surface area contributed by atoms with Gasteiger partial charge in [0, 0.05) is 29.8 Å². The van der Waals surface area contributed by atoms with E-state index in [-0.39, 0.29) is 0 Å². The van der Waals surface area contributed by atoms with Crippen molar-refractivity contribution in [1.29, 1.82) is 0 Å². The van der Waals surface area contributed by atoms with Crippen molar-refractivity contribution in [3.8, 4) is 11.1 Å². The summed E-state index contributed by atoms with van der Waals surface area (Å²) in [5.41, 5.74) is 7.90. The second-order valence-electron chi connectivity index (χ2n) is 8.85. The fourth-order valence-electron chi connectivity index (χ4n) is 5.36. The molecule has 0 unspecified atom stereocenters. The van der Waals surface area contributed by atoms with E-state index in [1.807, 2.05) is 0 Å². The van der Waals surface area contributed by atoms with Gasteiger partial charge in [-0.1, -0.05) is 73.8 Å². The molecule has 152 valence electrons. The number of nitrogens with one attached hydrogen (secondary N) is 1. The molecule has 2 atom stereocenters. The number of rotatable bonds is 1. The lowest BCUT2D eigenvalue weighted by Crippen LogP contribution is -2.48. The van der Waals surface area contributed by atoms with E-state index in [1.54, 1.807) is 5.19 Å². The lowest BCUT2D eigenvalue weighted by Gasteiger charge is -2.34. The van der Waals surface area contributed by atoms with Gasteiger partial charge in [0.15, 0.2) is 0 Å². The van der Waals surface area contributed by atoms with Gasteiger partial charge in [-0.25, -0.2) is 0 Å². The largest absolute Gasteiger partial charge is 0.356 e. The van der Waals surface area contributed by atoms with Crippen LogP contribution in [0.2, 0.25) is 13.1 Å². The minimum absolute atomic E-state index is 1.15. The first-order valence-corrected chi connectivity index (χ1v) is 15.7. The Labute approximate surface area is 187 Å². The van der Waals surface area contributed by atoms with E-state index in [0.717, 1.165) is 0 Å². The number of anilines is 4. The van der Waals surface area contributed by atoms with E-state index < -0.39 is 17.6 Å². The number of para-hydroxylation sites is 2. The van der Waals surface area contributed by atoms with E-state index in [9.17, 15) is 0 Å². The Kier molecular flexibility index (Phi) is 4.20. The van der Waals surface area contributed by atoms with Gasteiger partial charge >= 0.3 is 0 Å². The Morgan fingerprint density at radius 2 is 1.16 bits per heavy atom. The van der Waals surface area contributed by atoms with Gasteiger partial charge in [-0.15, -0.1) is 0 Å². The number of hydrogen-bond acceptors (Lipinski definition) is 2. The molecule has 2 aliphatic rings. The van der Waals surface area contributed by atoms with E-state index in [4.69, 9.17) is 0 Å².